The van der Waals surface area contributed by atoms with E-state index in [9.17, 15) is 0 Å². The second kappa shape index (κ2) is 11.1. The molecule has 0 atom stereocenters. The molecular weight excluding hydrogens is 438 g/mol. The monoisotopic (exact) mass is 465 g/mol. The van der Waals surface area contributed by atoms with E-state index in [1.807, 2.05) is 35.2 Å². The highest BCUT2D eigenvalue weighted by molar-refractivity contribution is 5.85. The topological polar surface area (TPSA) is 115 Å². The van der Waals surface area contributed by atoms with E-state index in [4.69, 9.17) is 18.9 Å². The molecule has 0 spiro atoms. The van der Waals surface area contributed by atoms with Crippen molar-refractivity contribution in [3.63, 3.8) is 0 Å². The molecule has 0 saturated carbocycles. The normalized spacial score (nSPS) is 13.6. The van der Waals surface area contributed by atoms with Gasteiger partial charge in [-0.2, -0.15) is 20.1 Å². The molecular formula is C23H27N7O4. The molecule has 0 bridgehead atoms. The van der Waals surface area contributed by atoms with Gasteiger partial charge in [0, 0.05) is 30.4 Å². The molecule has 1 aromatic heterocycles. The SMILES string of the molecule is COc1cc(OC)c(OC)cc1C=NNc1nc(Nc2ccccc2)nc(N2CCOCC2)n1. The van der Waals surface area contributed by atoms with Gasteiger partial charge in [0.05, 0.1) is 40.8 Å². The van der Waals surface area contributed by atoms with Crippen LogP contribution in [0.5, 0.6) is 17.2 Å². The molecule has 2 N–H and O–H groups in total. The predicted octanol–water partition coefficient (Wildman–Crippen LogP) is 2.92. The van der Waals surface area contributed by atoms with E-state index in [1.54, 1.807) is 39.7 Å². The van der Waals surface area contributed by atoms with Gasteiger partial charge in [0.1, 0.15) is 5.75 Å². The minimum absolute atomic E-state index is 0.297. The van der Waals surface area contributed by atoms with Crippen LogP contribution < -0.4 is 29.9 Å². The zero-order valence-corrected chi connectivity index (χ0v) is 19.3. The first-order valence-electron chi connectivity index (χ1n) is 10.7. The molecule has 34 heavy (non-hydrogen) atoms. The molecule has 1 aliphatic heterocycles. The van der Waals surface area contributed by atoms with Crippen LogP contribution in [0.25, 0.3) is 0 Å². The Morgan fingerprint density at radius 2 is 1.56 bits per heavy atom. The van der Waals surface area contributed by atoms with Crippen molar-refractivity contribution in [2.45, 2.75) is 0 Å². The van der Waals surface area contributed by atoms with Crippen molar-refractivity contribution < 1.29 is 18.9 Å². The van der Waals surface area contributed by atoms with Crippen LogP contribution in [-0.2, 0) is 4.74 Å². The Morgan fingerprint density at radius 1 is 0.882 bits per heavy atom. The molecule has 11 heteroatoms. The van der Waals surface area contributed by atoms with Crippen molar-refractivity contribution in [3.8, 4) is 17.2 Å². The summed E-state index contributed by atoms with van der Waals surface area (Å²) in [4.78, 5) is 15.6. The molecule has 0 unspecified atom stereocenters. The van der Waals surface area contributed by atoms with E-state index in [0.717, 1.165) is 5.69 Å². The van der Waals surface area contributed by atoms with Crippen LogP contribution in [0.3, 0.4) is 0 Å². The van der Waals surface area contributed by atoms with Crippen LogP contribution in [0.2, 0.25) is 0 Å². The molecule has 1 fully saturated rings. The van der Waals surface area contributed by atoms with Crippen molar-refractivity contribution in [3.05, 3.63) is 48.0 Å². The van der Waals surface area contributed by atoms with E-state index >= 15 is 0 Å². The first-order valence-corrected chi connectivity index (χ1v) is 10.7. The second-order valence-electron chi connectivity index (χ2n) is 7.19. The van der Waals surface area contributed by atoms with Gasteiger partial charge in [0.15, 0.2) is 11.5 Å². The smallest absolute Gasteiger partial charge is 0.250 e. The van der Waals surface area contributed by atoms with E-state index in [1.165, 1.54) is 0 Å². The first kappa shape index (κ1) is 23.1. The van der Waals surface area contributed by atoms with Gasteiger partial charge in [-0.3, -0.25) is 0 Å². The summed E-state index contributed by atoms with van der Waals surface area (Å²) >= 11 is 0. The molecule has 3 aromatic rings. The summed E-state index contributed by atoms with van der Waals surface area (Å²) in [6.45, 7) is 2.63. The molecule has 178 valence electrons. The number of nitrogens with one attached hydrogen (secondary N) is 2. The standard InChI is InChI=1S/C23H27N7O4/c1-31-18-14-20(33-3)19(32-2)13-16(18)15-24-29-22-26-21(25-17-7-5-4-6-8-17)27-23(28-22)30-9-11-34-12-10-30/h4-8,13-15H,9-12H2,1-3H3,(H2,25,26,27,28,29). The maximum atomic E-state index is 5.45. The number of ether oxygens (including phenoxy) is 4. The summed E-state index contributed by atoms with van der Waals surface area (Å²) in [5.41, 5.74) is 4.46. The number of aromatic nitrogens is 3. The number of para-hydroxylation sites is 1. The number of anilines is 4. The van der Waals surface area contributed by atoms with Crippen molar-refractivity contribution in [2.24, 2.45) is 5.10 Å². The Labute approximate surface area is 197 Å². The predicted molar refractivity (Wildman–Crippen MR) is 130 cm³/mol. The van der Waals surface area contributed by atoms with Gasteiger partial charge in [-0.25, -0.2) is 5.43 Å². The lowest BCUT2D eigenvalue weighted by Gasteiger charge is -2.27. The third-order valence-corrected chi connectivity index (χ3v) is 5.05. The van der Waals surface area contributed by atoms with Crippen LogP contribution in [0.1, 0.15) is 5.56 Å². The molecule has 0 aliphatic carbocycles. The number of methoxy groups -OCH3 is 3. The van der Waals surface area contributed by atoms with Crippen LogP contribution >= 0.6 is 0 Å². The minimum Gasteiger partial charge on any atom is -0.496 e. The van der Waals surface area contributed by atoms with Gasteiger partial charge in [-0.05, 0) is 18.2 Å². The van der Waals surface area contributed by atoms with Gasteiger partial charge >= 0.3 is 0 Å². The maximum Gasteiger partial charge on any atom is 0.250 e. The highest BCUT2D eigenvalue weighted by Crippen LogP contribution is 2.33. The molecule has 1 saturated heterocycles. The fourth-order valence-electron chi connectivity index (χ4n) is 3.34. The molecule has 1 aliphatic rings. The Kier molecular flexibility index (Phi) is 7.56. The number of hydrazone groups is 1. The Hall–Kier alpha value is -4.12. The Morgan fingerprint density at radius 3 is 2.26 bits per heavy atom. The lowest BCUT2D eigenvalue weighted by Crippen LogP contribution is -2.37. The first-order chi connectivity index (χ1) is 16.7. The lowest BCUT2D eigenvalue weighted by molar-refractivity contribution is 0.122. The summed E-state index contributed by atoms with van der Waals surface area (Å²) in [5.74, 6) is 2.95. The van der Waals surface area contributed by atoms with E-state index in [-0.39, 0.29) is 0 Å². The number of nitrogens with zero attached hydrogens (tertiary/aromatic N) is 5. The van der Waals surface area contributed by atoms with Crippen LogP contribution in [0.4, 0.5) is 23.5 Å². The molecule has 0 radical (unpaired) electrons. The maximum absolute atomic E-state index is 5.45. The Bertz CT molecular complexity index is 1120. The summed E-state index contributed by atoms with van der Waals surface area (Å²) in [7, 11) is 4.72. The highest BCUT2D eigenvalue weighted by atomic mass is 16.5. The summed E-state index contributed by atoms with van der Waals surface area (Å²) in [6.07, 6.45) is 1.60. The van der Waals surface area contributed by atoms with Crippen molar-refractivity contribution in [2.75, 3.05) is 63.3 Å². The summed E-state index contributed by atoms with van der Waals surface area (Å²) in [6, 6.07) is 13.2. The lowest BCUT2D eigenvalue weighted by atomic mass is 10.2. The third-order valence-electron chi connectivity index (χ3n) is 5.05. The average Bonchev–Trinajstić information content (AvgIpc) is 2.89. The largest absolute Gasteiger partial charge is 0.496 e. The summed E-state index contributed by atoms with van der Waals surface area (Å²) in [5, 5.41) is 7.53. The van der Waals surface area contributed by atoms with Gasteiger partial charge in [-0.15, -0.1) is 0 Å². The molecule has 4 rings (SSSR count). The number of morpholine rings is 1. The molecule has 2 aromatic carbocycles. The van der Waals surface area contributed by atoms with E-state index in [2.05, 4.69) is 30.8 Å². The van der Waals surface area contributed by atoms with Gasteiger partial charge in [-0.1, -0.05) is 18.2 Å². The second-order valence-corrected chi connectivity index (χ2v) is 7.19. The van der Waals surface area contributed by atoms with Crippen LogP contribution in [0.15, 0.2) is 47.6 Å². The average molecular weight is 466 g/mol. The zero-order valence-electron chi connectivity index (χ0n) is 19.3. The fourth-order valence-corrected chi connectivity index (χ4v) is 3.34. The number of hydrogen-bond acceptors (Lipinski definition) is 11. The quantitative estimate of drug-likeness (QED) is 0.361. The van der Waals surface area contributed by atoms with Gasteiger partial charge in [0.25, 0.3) is 0 Å². The van der Waals surface area contributed by atoms with Crippen LogP contribution in [0, 0.1) is 0 Å². The summed E-state index contributed by atoms with van der Waals surface area (Å²) < 4.78 is 21.6. The zero-order chi connectivity index (χ0) is 23.8. The van der Waals surface area contributed by atoms with Crippen molar-refractivity contribution in [1.82, 2.24) is 15.0 Å². The van der Waals surface area contributed by atoms with E-state index < -0.39 is 0 Å². The van der Waals surface area contributed by atoms with Gasteiger partial charge < -0.3 is 29.2 Å². The number of rotatable bonds is 9. The molecule has 2 heterocycles. The number of hydrogen-bond donors (Lipinski definition) is 2. The fraction of sp³-hybridized carbons (Fsp3) is 0.304. The van der Waals surface area contributed by atoms with Gasteiger partial charge in [0.2, 0.25) is 17.8 Å². The highest BCUT2D eigenvalue weighted by Gasteiger charge is 2.17. The number of benzene rings is 2. The third kappa shape index (κ3) is 5.62. The van der Waals surface area contributed by atoms with Crippen molar-refractivity contribution in [1.29, 1.82) is 0 Å². The Balaban J connectivity index is 1.59. The molecule has 11 nitrogen and oxygen atoms in total. The minimum atomic E-state index is 0.297. The van der Waals surface area contributed by atoms with E-state index in [0.29, 0.717) is 67.0 Å². The van der Waals surface area contributed by atoms with Crippen molar-refractivity contribution >= 4 is 29.7 Å². The van der Waals surface area contributed by atoms with Crippen LogP contribution in [-0.4, -0.2) is 68.8 Å². The molecule has 0 amide bonds.